The van der Waals surface area contributed by atoms with Crippen LogP contribution in [0.1, 0.15) is 49.9 Å². The van der Waals surface area contributed by atoms with Gasteiger partial charge in [0.15, 0.2) is 0 Å². The molecule has 2 atom stereocenters. The Morgan fingerprint density at radius 1 is 1.32 bits per heavy atom. The van der Waals surface area contributed by atoms with Crippen molar-refractivity contribution in [2.24, 2.45) is 5.92 Å². The molecule has 6 heteroatoms. The Balaban J connectivity index is 3.07. The maximum atomic E-state index is 9.32. The van der Waals surface area contributed by atoms with E-state index >= 15 is 0 Å². The van der Waals surface area contributed by atoms with Crippen LogP contribution in [0.15, 0.2) is 28.2 Å². The summed E-state index contributed by atoms with van der Waals surface area (Å²) in [6.07, 6.45) is 3.02. The molecule has 0 spiro atoms. The lowest BCUT2D eigenvalue weighted by Crippen LogP contribution is -2.23. The van der Waals surface area contributed by atoms with Gasteiger partial charge in [0.05, 0.1) is 12.5 Å². The molecule has 0 amide bonds. The van der Waals surface area contributed by atoms with Gasteiger partial charge in [-0.25, -0.2) is 0 Å². The lowest BCUT2D eigenvalue weighted by molar-refractivity contribution is -0.108. The molecule has 0 fully saturated rings. The van der Waals surface area contributed by atoms with Gasteiger partial charge < -0.3 is 19.0 Å². The zero-order valence-electron chi connectivity index (χ0n) is 20.0. The van der Waals surface area contributed by atoms with Crippen molar-refractivity contribution in [2.45, 2.75) is 65.4 Å². The van der Waals surface area contributed by atoms with Crippen LogP contribution in [0.5, 0.6) is 0 Å². The van der Waals surface area contributed by atoms with Gasteiger partial charge in [-0.2, -0.15) is 0 Å². The fourth-order valence-corrected chi connectivity index (χ4v) is 3.97. The van der Waals surface area contributed by atoms with Gasteiger partial charge in [0.25, 0.3) is 0 Å². The minimum absolute atomic E-state index is 0.00638. The fraction of sp³-hybridized carbons (Fsp3) is 0.600. The van der Waals surface area contributed by atoms with Crippen molar-refractivity contribution in [1.82, 2.24) is 0 Å². The number of rotatable bonds is 13. The van der Waals surface area contributed by atoms with Gasteiger partial charge in [0, 0.05) is 27.0 Å². The Morgan fingerprint density at radius 3 is 2.61 bits per heavy atom. The van der Waals surface area contributed by atoms with Crippen LogP contribution in [-0.2, 0) is 9.47 Å². The molecule has 1 N–H and O–H groups in total. The Labute approximate surface area is 194 Å². The van der Waals surface area contributed by atoms with E-state index < -0.39 is 8.07 Å². The lowest BCUT2D eigenvalue weighted by atomic mass is 9.88. The summed E-state index contributed by atoms with van der Waals surface area (Å²) in [4.78, 5) is 0. The van der Waals surface area contributed by atoms with Gasteiger partial charge in [0.1, 0.15) is 24.4 Å². The number of hydrogen-bond acceptors (Lipinski definition) is 4. The molecular weight excluding hydrogens is 428 g/mol. The van der Waals surface area contributed by atoms with Crippen LogP contribution in [-0.4, -0.2) is 39.1 Å². The summed E-state index contributed by atoms with van der Waals surface area (Å²) in [5.41, 5.74) is 2.85. The Hall–Kier alpha value is -1.29. The number of alkyl halides is 1. The molecule has 0 bridgehead atoms. The van der Waals surface area contributed by atoms with Crippen LogP contribution in [0.25, 0.3) is 6.08 Å². The van der Waals surface area contributed by atoms with E-state index in [-0.39, 0.29) is 25.4 Å². The van der Waals surface area contributed by atoms with Crippen molar-refractivity contribution in [1.29, 1.82) is 0 Å². The third kappa shape index (κ3) is 10.7. The highest BCUT2D eigenvalue weighted by molar-refractivity contribution is 6.76. The Bertz CT molecular complexity index is 780. The predicted molar refractivity (Wildman–Crippen MR) is 133 cm³/mol. The molecule has 1 aromatic heterocycles. The predicted octanol–water partition coefficient (Wildman–Crippen LogP) is 6.57. The van der Waals surface area contributed by atoms with Crippen LogP contribution in [0, 0.1) is 24.7 Å². The largest absolute Gasteiger partial charge is 0.459 e. The second kappa shape index (κ2) is 14.0. The smallest absolute Gasteiger partial charge is 0.147 e. The van der Waals surface area contributed by atoms with Crippen LogP contribution in [0.2, 0.25) is 25.7 Å². The maximum absolute atomic E-state index is 9.32. The molecule has 0 radical (unpaired) electrons. The zero-order chi connectivity index (χ0) is 23.4. The minimum atomic E-state index is -1.15. The average molecular weight is 467 g/mol. The Morgan fingerprint density at radius 2 is 2.03 bits per heavy atom. The summed E-state index contributed by atoms with van der Waals surface area (Å²) in [5, 5.41) is 9.32. The molecule has 0 aromatic carbocycles. The molecule has 1 aromatic rings. The molecule has 4 nitrogen and oxygen atoms in total. The third-order valence-corrected chi connectivity index (χ3v) is 6.81. The summed E-state index contributed by atoms with van der Waals surface area (Å²) in [6, 6.07) is 3.06. The number of ether oxygens (including phenoxy) is 2. The van der Waals surface area contributed by atoms with E-state index in [1.165, 1.54) is 0 Å². The lowest BCUT2D eigenvalue weighted by Gasteiger charge is -2.27. The molecule has 0 saturated heterocycles. The number of aryl methyl sites for hydroxylation is 1. The average Bonchev–Trinajstić information content (AvgIpc) is 3.04. The summed E-state index contributed by atoms with van der Waals surface area (Å²) < 4.78 is 18.2. The molecule has 0 saturated carbocycles. The highest BCUT2D eigenvalue weighted by atomic mass is 35.5. The summed E-state index contributed by atoms with van der Waals surface area (Å²) in [7, 11) is -1.15. The SMILES string of the molecule is C=C(C)[C@H](CCC#CCCl)[C@@H](OCOCC[Si](C)(C)C)c1oc(/C=C(/C)CO)cc1C. The first kappa shape index (κ1) is 27.7. The van der Waals surface area contributed by atoms with Crippen LogP contribution >= 0.6 is 11.6 Å². The highest BCUT2D eigenvalue weighted by Crippen LogP contribution is 2.37. The molecule has 0 aliphatic carbocycles. The molecule has 31 heavy (non-hydrogen) atoms. The minimum Gasteiger partial charge on any atom is -0.459 e. The topological polar surface area (TPSA) is 51.8 Å². The van der Waals surface area contributed by atoms with Gasteiger partial charge >= 0.3 is 0 Å². The van der Waals surface area contributed by atoms with E-state index in [4.69, 9.17) is 25.5 Å². The van der Waals surface area contributed by atoms with Crippen molar-refractivity contribution < 1.29 is 19.0 Å². The number of hydrogen-bond donors (Lipinski definition) is 1. The van der Waals surface area contributed by atoms with Crippen LogP contribution in [0.3, 0.4) is 0 Å². The van der Waals surface area contributed by atoms with E-state index in [1.807, 2.05) is 32.9 Å². The number of aliphatic hydroxyl groups is 1. The summed E-state index contributed by atoms with van der Waals surface area (Å²) in [6.45, 7) is 18.0. The van der Waals surface area contributed by atoms with Crippen molar-refractivity contribution in [3.05, 3.63) is 40.9 Å². The van der Waals surface area contributed by atoms with Gasteiger partial charge in [0.2, 0.25) is 0 Å². The normalized spacial score (nSPS) is 14.1. The molecule has 1 heterocycles. The first-order chi connectivity index (χ1) is 14.6. The Kier molecular flexibility index (Phi) is 12.5. The number of furan rings is 1. The van der Waals surface area contributed by atoms with E-state index in [0.29, 0.717) is 24.7 Å². The summed E-state index contributed by atoms with van der Waals surface area (Å²) >= 11 is 5.68. The second-order valence-electron chi connectivity index (χ2n) is 9.25. The van der Waals surface area contributed by atoms with Crippen molar-refractivity contribution in [2.75, 3.05) is 25.9 Å². The van der Waals surface area contributed by atoms with E-state index in [9.17, 15) is 5.11 Å². The zero-order valence-corrected chi connectivity index (χ0v) is 21.8. The monoisotopic (exact) mass is 466 g/mol. The molecule has 0 aliphatic rings. The molecule has 0 unspecified atom stereocenters. The first-order valence-electron chi connectivity index (χ1n) is 10.8. The second-order valence-corrected chi connectivity index (χ2v) is 15.1. The third-order valence-electron chi connectivity index (χ3n) is 4.97. The molecular formula is C25H39ClO4Si. The first-order valence-corrected chi connectivity index (χ1v) is 15.1. The highest BCUT2D eigenvalue weighted by Gasteiger charge is 2.29. The molecule has 0 aliphatic heterocycles. The van der Waals surface area contributed by atoms with Crippen LogP contribution < -0.4 is 0 Å². The number of aliphatic hydroxyl groups excluding tert-OH is 1. The van der Waals surface area contributed by atoms with Gasteiger partial charge in [-0.05, 0) is 56.5 Å². The van der Waals surface area contributed by atoms with E-state index in [2.05, 4.69) is 38.1 Å². The summed E-state index contributed by atoms with van der Waals surface area (Å²) in [5.74, 6) is 7.85. The quantitative estimate of drug-likeness (QED) is 0.0891. The van der Waals surface area contributed by atoms with Crippen LogP contribution in [0.4, 0.5) is 0 Å². The maximum Gasteiger partial charge on any atom is 0.147 e. The van der Waals surface area contributed by atoms with Crippen molar-refractivity contribution in [3.63, 3.8) is 0 Å². The molecule has 1 rings (SSSR count). The number of halogens is 1. The van der Waals surface area contributed by atoms with E-state index in [1.54, 1.807) is 0 Å². The van der Waals surface area contributed by atoms with Gasteiger partial charge in [-0.1, -0.05) is 37.7 Å². The van der Waals surface area contributed by atoms with Gasteiger partial charge in [-0.15, -0.1) is 17.5 Å². The fourth-order valence-electron chi connectivity index (χ4n) is 3.12. The van der Waals surface area contributed by atoms with Crippen molar-refractivity contribution in [3.8, 4) is 11.8 Å². The van der Waals surface area contributed by atoms with Crippen molar-refractivity contribution >= 4 is 25.8 Å². The van der Waals surface area contributed by atoms with Gasteiger partial charge in [-0.3, -0.25) is 0 Å². The molecule has 174 valence electrons. The van der Waals surface area contributed by atoms with E-state index in [0.717, 1.165) is 34.9 Å². The standard InChI is InChI=1S/C25H39ClO4Si/c1-19(2)23(11-9-8-10-12-26)25(29-18-28-13-14-31(5,6)7)24-21(4)16-22(30-24)15-20(3)17-27/h15-16,23,25,27H,1,9,11-14,17-18H2,2-7H3/b20-15-/t23-,25+/m0/s1.